The Labute approximate surface area is 167 Å². The van der Waals surface area contributed by atoms with Gasteiger partial charge in [0.25, 0.3) is 11.6 Å². The molecule has 1 heterocycles. The van der Waals surface area contributed by atoms with Crippen molar-refractivity contribution in [2.45, 2.75) is 13.5 Å². The smallest absolute Gasteiger partial charge is 0.273 e. The molecule has 0 fully saturated rings. The summed E-state index contributed by atoms with van der Waals surface area (Å²) in [7, 11) is 0. The summed E-state index contributed by atoms with van der Waals surface area (Å²) in [5, 5.41) is 23.1. The summed E-state index contributed by atoms with van der Waals surface area (Å²) in [4.78, 5) is 22.9. The van der Waals surface area contributed by atoms with Crippen LogP contribution >= 0.6 is 0 Å². The van der Waals surface area contributed by atoms with Crippen LogP contribution < -0.4 is 5.32 Å². The van der Waals surface area contributed by atoms with Crippen LogP contribution in [0.3, 0.4) is 0 Å². The zero-order valence-electron chi connectivity index (χ0n) is 15.6. The second-order valence-corrected chi connectivity index (χ2v) is 6.30. The maximum absolute atomic E-state index is 12.3. The SMILES string of the molecule is Cc1ccc(-c2ccc(/C=C(\C#N)C(=O)NCc3ccccc3)o2)cc1[N+](=O)[O-]. The first-order valence-corrected chi connectivity index (χ1v) is 8.77. The first-order chi connectivity index (χ1) is 14.0. The Morgan fingerprint density at radius 2 is 1.97 bits per heavy atom. The molecular weight excluding hydrogens is 370 g/mol. The summed E-state index contributed by atoms with van der Waals surface area (Å²) < 4.78 is 5.66. The van der Waals surface area contributed by atoms with Gasteiger partial charge in [0.2, 0.25) is 0 Å². The molecule has 0 aliphatic rings. The predicted octanol–water partition coefficient (Wildman–Crippen LogP) is 4.39. The Hall–Kier alpha value is -4.18. The lowest BCUT2D eigenvalue weighted by Gasteiger charge is -2.04. The van der Waals surface area contributed by atoms with Crippen molar-refractivity contribution in [3.05, 3.63) is 93.2 Å². The third-order valence-electron chi connectivity index (χ3n) is 4.26. The minimum atomic E-state index is -0.514. The number of nitrogens with zero attached hydrogens (tertiary/aromatic N) is 2. The van der Waals surface area contributed by atoms with E-state index >= 15 is 0 Å². The van der Waals surface area contributed by atoms with Gasteiger partial charge in [0.05, 0.1) is 4.92 Å². The zero-order valence-corrected chi connectivity index (χ0v) is 15.6. The van der Waals surface area contributed by atoms with Crippen LogP contribution in [-0.2, 0) is 11.3 Å². The van der Waals surface area contributed by atoms with E-state index in [1.807, 2.05) is 36.4 Å². The maximum Gasteiger partial charge on any atom is 0.273 e. The monoisotopic (exact) mass is 387 g/mol. The molecule has 0 saturated heterocycles. The van der Waals surface area contributed by atoms with Gasteiger partial charge in [-0.05, 0) is 24.6 Å². The van der Waals surface area contributed by atoms with Crippen molar-refractivity contribution >= 4 is 17.7 Å². The highest BCUT2D eigenvalue weighted by molar-refractivity contribution is 6.01. The van der Waals surface area contributed by atoms with E-state index in [1.165, 1.54) is 12.1 Å². The molecule has 144 valence electrons. The number of nitriles is 1. The van der Waals surface area contributed by atoms with E-state index in [9.17, 15) is 20.2 Å². The summed E-state index contributed by atoms with van der Waals surface area (Å²) in [6.07, 6.45) is 1.34. The maximum atomic E-state index is 12.3. The van der Waals surface area contributed by atoms with E-state index in [-0.39, 0.29) is 11.3 Å². The molecule has 3 aromatic rings. The summed E-state index contributed by atoms with van der Waals surface area (Å²) >= 11 is 0. The molecule has 1 amide bonds. The van der Waals surface area contributed by atoms with E-state index in [2.05, 4.69) is 5.32 Å². The molecule has 7 heteroatoms. The Morgan fingerprint density at radius 1 is 1.21 bits per heavy atom. The molecule has 29 heavy (non-hydrogen) atoms. The highest BCUT2D eigenvalue weighted by atomic mass is 16.6. The first-order valence-electron chi connectivity index (χ1n) is 8.77. The number of rotatable bonds is 6. The molecule has 3 rings (SSSR count). The second kappa shape index (κ2) is 8.67. The van der Waals surface area contributed by atoms with Crippen LogP contribution in [0.25, 0.3) is 17.4 Å². The minimum absolute atomic E-state index is 0.00556. The molecule has 0 radical (unpaired) electrons. The fraction of sp³-hybridized carbons (Fsp3) is 0.0909. The number of hydrogen-bond donors (Lipinski definition) is 1. The number of hydrogen-bond acceptors (Lipinski definition) is 5. The quantitative estimate of drug-likeness (QED) is 0.292. The molecule has 0 atom stereocenters. The summed E-state index contributed by atoms with van der Waals surface area (Å²) in [5.74, 6) is 0.191. The van der Waals surface area contributed by atoms with Gasteiger partial charge in [-0.3, -0.25) is 14.9 Å². The molecule has 1 aromatic heterocycles. The third-order valence-corrected chi connectivity index (χ3v) is 4.26. The number of nitrogens with one attached hydrogen (secondary N) is 1. The Kier molecular flexibility index (Phi) is 5.85. The molecule has 0 saturated carbocycles. The summed E-state index contributed by atoms with van der Waals surface area (Å²) in [6, 6.07) is 19.2. The lowest BCUT2D eigenvalue weighted by Crippen LogP contribution is -2.23. The zero-order chi connectivity index (χ0) is 20.8. The molecule has 0 bridgehead atoms. The van der Waals surface area contributed by atoms with E-state index in [0.29, 0.717) is 29.2 Å². The number of aryl methyl sites for hydroxylation is 1. The Morgan fingerprint density at radius 3 is 2.66 bits per heavy atom. The summed E-state index contributed by atoms with van der Waals surface area (Å²) in [6.45, 7) is 1.96. The van der Waals surface area contributed by atoms with Crippen molar-refractivity contribution < 1.29 is 14.1 Å². The molecule has 1 N–H and O–H groups in total. The molecular formula is C22H17N3O4. The van der Waals surface area contributed by atoms with Crippen molar-refractivity contribution in [2.75, 3.05) is 0 Å². The highest BCUT2D eigenvalue weighted by Crippen LogP contribution is 2.28. The van der Waals surface area contributed by atoms with Gasteiger partial charge in [0, 0.05) is 29.8 Å². The van der Waals surface area contributed by atoms with E-state index in [0.717, 1.165) is 5.56 Å². The van der Waals surface area contributed by atoms with Crippen LogP contribution in [0.2, 0.25) is 0 Å². The third kappa shape index (κ3) is 4.76. The van der Waals surface area contributed by atoms with Crippen LogP contribution in [-0.4, -0.2) is 10.8 Å². The van der Waals surface area contributed by atoms with Gasteiger partial charge in [-0.25, -0.2) is 0 Å². The minimum Gasteiger partial charge on any atom is -0.457 e. The van der Waals surface area contributed by atoms with Gasteiger partial charge in [-0.2, -0.15) is 5.26 Å². The average molecular weight is 387 g/mol. The Balaban J connectivity index is 1.77. The van der Waals surface area contributed by atoms with Crippen LogP contribution in [0.4, 0.5) is 5.69 Å². The number of carbonyl (C=O) groups is 1. The van der Waals surface area contributed by atoms with Crippen molar-refractivity contribution in [3.63, 3.8) is 0 Å². The number of carbonyl (C=O) groups excluding carboxylic acids is 1. The van der Waals surface area contributed by atoms with E-state index in [1.54, 1.807) is 31.2 Å². The second-order valence-electron chi connectivity index (χ2n) is 6.30. The van der Waals surface area contributed by atoms with Gasteiger partial charge in [0.1, 0.15) is 23.2 Å². The number of nitro benzene ring substituents is 1. The normalized spacial score (nSPS) is 11.0. The summed E-state index contributed by atoms with van der Waals surface area (Å²) in [5.41, 5.74) is 1.89. The molecule has 0 aliphatic heterocycles. The van der Waals surface area contributed by atoms with Crippen LogP contribution in [0.15, 0.2) is 70.7 Å². The highest BCUT2D eigenvalue weighted by Gasteiger charge is 2.15. The van der Waals surface area contributed by atoms with Crippen molar-refractivity contribution in [1.29, 1.82) is 5.26 Å². The van der Waals surface area contributed by atoms with Crippen LogP contribution in [0, 0.1) is 28.4 Å². The molecule has 7 nitrogen and oxygen atoms in total. The first kappa shape index (κ1) is 19.6. The molecule has 0 spiro atoms. The van der Waals surface area contributed by atoms with Gasteiger partial charge in [-0.1, -0.05) is 42.5 Å². The molecule has 0 unspecified atom stereocenters. The number of nitro groups is 1. The van der Waals surface area contributed by atoms with Crippen molar-refractivity contribution in [1.82, 2.24) is 5.32 Å². The van der Waals surface area contributed by atoms with Crippen LogP contribution in [0.5, 0.6) is 0 Å². The molecule has 0 aliphatic carbocycles. The predicted molar refractivity (Wildman–Crippen MR) is 107 cm³/mol. The fourth-order valence-electron chi connectivity index (χ4n) is 2.71. The fourth-order valence-corrected chi connectivity index (χ4v) is 2.71. The van der Waals surface area contributed by atoms with Gasteiger partial charge < -0.3 is 9.73 Å². The number of benzene rings is 2. The van der Waals surface area contributed by atoms with Gasteiger partial charge in [-0.15, -0.1) is 0 Å². The van der Waals surface area contributed by atoms with Crippen molar-refractivity contribution in [2.24, 2.45) is 0 Å². The standard InChI is InChI=1S/C22H17N3O4/c1-15-7-8-17(12-20(15)25(27)28)21-10-9-19(29-21)11-18(13-23)22(26)24-14-16-5-3-2-4-6-16/h2-12H,14H2,1H3,(H,24,26)/b18-11+. The lowest BCUT2D eigenvalue weighted by molar-refractivity contribution is -0.385. The average Bonchev–Trinajstić information content (AvgIpc) is 3.19. The number of furan rings is 1. The van der Waals surface area contributed by atoms with Crippen LogP contribution in [0.1, 0.15) is 16.9 Å². The van der Waals surface area contributed by atoms with Gasteiger partial charge >= 0.3 is 0 Å². The van der Waals surface area contributed by atoms with E-state index < -0.39 is 10.8 Å². The largest absolute Gasteiger partial charge is 0.457 e. The van der Waals surface area contributed by atoms with Crippen molar-refractivity contribution in [3.8, 4) is 17.4 Å². The van der Waals surface area contributed by atoms with E-state index in [4.69, 9.17) is 4.42 Å². The number of amides is 1. The lowest BCUT2D eigenvalue weighted by atomic mass is 10.1. The molecule has 2 aromatic carbocycles. The Bertz CT molecular complexity index is 1120. The van der Waals surface area contributed by atoms with Gasteiger partial charge in [0.15, 0.2) is 0 Å². The topological polar surface area (TPSA) is 109 Å².